The highest BCUT2D eigenvalue weighted by Crippen LogP contribution is 2.57. The van der Waals surface area contributed by atoms with Gasteiger partial charge in [-0.25, -0.2) is 9.29 Å². The van der Waals surface area contributed by atoms with Gasteiger partial charge in [0.05, 0.1) is 19.0 Å². The zero-order chi connectivity index (χ0) is 28.2. The largest absolute Gasteiger partial charge is 0.756 e. The monoisotopic (exact) mass is 587 g/mol. The maximum Gasteiger partial charge on any atom is 0.280 e. The molecule has 11 atom stereocenters. The number of aliphatic hydroxyl groups excluding tert-OH is 5. The van der Waals surface area contributed by atoms with Gasteiger partial charge in [-0.2, -0.15) is 4.98 Å². The van der Waals surface area contributed by atoms with Crippen LogP contribution in [0.15, 0.2) is 11.1 Å². The average Bonchev–Trinajstić information content (AvgIpc) is 3.35. The Morgan fingerprint density at radius 3 is 2.45 bits per heavy atom. The van der Waals surface area contributed by atoms with Crippen molar-refractivity contribution in [1.29, 1.82) is 0 Å². The third-order valence-corrected chi connectivity index (χ3v) is 8.23. The predicted octanol–water partition coefficient (Wildman–Crippen LogP) is -4.86. The van der Waals surface area contributed by atoms with Crippen molar-refractivity contribution < 1.29 is 67.3 Å². The molecule has 0 aromatic carbocycles. The molecule has 2 unspecified atom stereocenters. The minimum Gasteiger partial charge on any atom is -0.756 e. The highest BCUT2D eigenvalue weighted by atomic mass is 31.3. The van der Waals surface area contributed by atoms with Crippen LogP contribution in [0.3, 0.4) is 0 Å². The number of aliphatic hydroxyl groups is 5. The number of hydrogen-bond acceptors (Lipinski definition) is 18. The lowest BCUT2D eigenvalue weighted by atomic mass is 10.0. The number of rotatable bonds is 8. The van der Waals surface area contributed by atoms with Gasteiger partial charge < -0.3 is 55.1 Å². The average molecular weight is 587 g/mol. The van der Waals surface area contributed by atoms with Crippen LogP contribution in [0, 0.1) is 0 Å². The van der Waals surface area contributed by atoms with Crippen molar-refractivity contribution in [2.75, 3.05) is 12.3 Å². The first-order valence-electron chi connectivity index (χ1n) is 10.7. The van der Waals surface area contributed by atoms with E-state index in [1.54, 1.807) is 0 Å². The second-order valence-corrected chi connectivity index (χ2v) is 11.3. The summed E-state index contributed by atoms with van der Waals surface area (Å²) in [7, 11) is -11.6. The molecule has 2 fully saturated rings. The Bertz CT molecular complexity index is 1320. The van der Waals surface area contributed by atoms with Gasteiger partial charge in [0, 0.05) is 0 Å². The van der Waals surface area contributed by atoms with Crippen LogP contribution in [0.4, 0.5) is 5.95 Å². The van der Waals surface area contributed by atoms with Gasteiger partial charge in [0.1, 0.15) is 36.6 Å². The summed E-state index contributed by atoms with van der Waals surface area (Å²) in [5.41, 5.74) is 4.52. The van der Waals surface area contributed by atoms with Crippen LogP contribution in [0.1, 0.15) is 13.2 Å². The van der Waals surface area contributed by atoms with Gasteiger partial charge in [-0.1, -0.05) is 0 Å². The zero-order valence-corrected chi connectivity index (χ0v) is 20.9. The molecule has 2 aromatic rings. The Morgan fingerprint density at radius 2 is 1.76 bits per heavy atom. The van der Waals surface area contributed by atoms with E-state index in [1.807, 2.05) is 0 Å². The molecule has 4 heterocycles. The second kappa shape index (κ2) is 10.6. The van der Waals surface area contributed by atoms with E-state index in [-0.39, 0.29) is 17.1 Å². The topological polar surface area (TPSA) is 317 Å². The van der Waals surface area contributed by atoms with E-state index in [1.165, 1.54) is 6.92 Å². The van der Waals surface area contributed by atoms with Crippen molar-refractivity contribution >= 4 is 32.8 Å². The molecule has 0 spiro atoms. The fourth-order valence-corrected chi connectivity index (χ4v) is 5.86. The van der Waals surface area contributed by atoms with E-state index in [9.17, 15) is 49.2 Å². The van der Waals surface area contributed by atoms with Gasteiger partial charge in [0.2, 0.25) is 5.95 Å². The smallest absolute Gasteiger partial charge is 0.280 e. The van der Waals surface area contributed by atoms with Gasteiger partial charge in [0.25, 0.3) is 21.2 Å². The van der Waals surface area contributed by atoms with Crippen LogP contribution in [-0.2, 0) is 32.0 Å². The number of nitrogens with zero attached hydrogens (tertiary/aromatic N) is 3. The number of ether oxygens (including phenoxy) is 2. The first-order chi connectivity index (χ1) is 17.6. The maximum atomic E-state index is 12.1. The van der Waals surface area contributed by atoms with Crippen LogP contribution in [-0.4, -0.2) is 101 Å². The highest BCUT2D eigenvalue weighted by molar-refractivity contribution is 7.59. The van der Waals surface area contributed by atoms with Crippen LogP contribution in [0.25, 0.3) is 11.2 Å². The minimum atomic E-state index is -5.82. The van der Waals surface area contributed by atoms with Crippen molar-refractivity contribution in [3.05, 3.63) is 16.7 Å². The predicted molar refractivity (Wildman–Crippen MR) is 114 cm³/mol. The fraction of sp³-hybridized carbons (Fsp3) is 0.688. The summed E-state index contributed by atoms with van der Waals surface area (Å²) in [6.45, 7) is 0.168. The molecule has 0 aliphatic carbocycles. The molecule has 0 saturated carbocycles. The molecule has 20 nitrogen and oxygen atoms in total. The third-order valence-electron chi connectivity index (χ3n) is 5.70. The lowest BCUT2D eigenvalue weighted by Crippen LogP contribution is -2.57. The van der Waals surface area contributed by atoms with Crippen molar-refractivity contribution in [1.82, 2.24) is 19.5 Å². The van der Waals surface area contributed by atoms with Gasteiger partial charge in [-0.3, -0.25) is 28.0 Å². The Balaban J connectivity index is 1.39. The number of H-pyrrole nitrogens is 1. The van der Waals surface area contributed by atoms with Crippen LogP contribution in [0.2, 0.25) is 0 Å². The number of hydrogen-bond donors (Lipinski definition) is 7. The molecular formula is C16H23N5O15P2-2. The van der Waals surface area contributed by atoms with Gasteiger partial charge in [-0.05, 0) is 6.92 Å². The molecule has 8 N–H and O–H groups in total. The number of phosphoric acid groups is 2. The standard InChI is InChI=1S/C16H25N5O15P2/c1-4-7(22)9(24)11(26)15(33-4)35-38(30,31)36-37(28,29)32-2-5-8(23)10(25)14(34-5)21-3-18-6-12(21)19-16(17)20-13(6)27/h3-5,7-11,14-15,22-26H,2H2,1H3,(H,28,29)(H,30,31)(H3,17,19,20,27)/p-2/t4-,5+,7+,8+,9+,10+,11-,14+,15+/m0/s1. The van der Waals surface area contributed by atoms with Crippen LogP contribution < -0.4 is 21.1 Å². The van der Waals surface area contributed by atoms with Gasteiger partial charge in [-0.15, -0.1) is 0 Å². The number of imidazole rings is 1. The highest BCUT2D eigenvalue weighted by Gasteiger charge is 2.46. The SMILES string of the molecule is C[C@@H]1O[C@H](OP(=O)([O-])OP(=O)([O-])OC[C@H]2O[C@@H](n3cnc4c(=O)[nH]c(N)nc43)[C@H](O)[C@@H]2O)[C@@H](O)[C@H](O)[C@@H]1O. The Kier molecular flexibility index (Phi) is 8.12. The number of aromatic amines is 1. The van der Waals surface area contributed by atoms with Crippen molar-refractivity contribution in [2.24, 2.45) is 0 Å². The number of nitrogen functional groups attached to an aromatic ring is 1. The lowest BCUT2D eigenvalue weighted by Gasteiger charge is -2.41. The number of nitrogens with one attached hydrogen (secondary N) is 1. The number of fused-ring (bicyclic) bond motifs is 1. The molecule has 0 amide bonds. The molecule has 2 aliphatic heterocycles. The maximum absolute atomic E-state index is 12.1. The van der Waals surface area contributed by atoms with Crippen molar-refractivity contribution in [3.63, 3.8) is 0 Å². The van der Waals surface area contributed by atoms with Crippen molar-refractivity contribution in [3.8, 4) is 0 Å². The van der Waals surface area contributed by atoms with Crippen LogP contribution in [0.5, 0.6) is 0 Å². The first kappa shape index (κ1) is 29.1. The van der Waals surface area contributed by atoms with Gasteiger partial charge >= 0.3 is 0 Å². The summed E-state index contributed by atoms with van der Waals surface area (Å²) in [5.74, 6) is -0.280. The lowest BCUT2D eigenvalue weighted by molar-refractivity contribution is -0.299. The van der Waals surface area contributed by atoms with Crippen molar-refractivity contribution in [2.45, 2.75) is 62.2 Å². The minimum absolute atomic E-state index is 0.120. The molecule has 2 aliphatic rings. The Morgan fingerprint density at radius 1 is 1.08 bits per heavy atom. The summed E-state index contributed by atoms with van der Waals surface area (Å²) in [6, 6.07) is 0. The number of aromatic nitrogens is 4. The molecule has 22 heteroatoms. The summed E-state index contributed by atoms with van der Waals surface area (Å²) >= 11 is 0. The molecule has 2 saturated heterocycles. The van der Waals surface area contributed by atoms with E-state index >= 15 is 0 Å². The Labute approximate surface area is 211 Å². The molecule has 0 radical (unpaired) electrons. The number of anilines is 1. The van der Waals surface area contributed by atoms with Gasteiger partial charge in [0.15, 0.2) is 23.7 Å². The molecule has 4 rings (SSSR count). The molecule has 38 heavy (non-hydrogen) atoms. The Hall–Kier alpha value is -1.87. The van der Waals surface area contributed by atoms with E-state index in [0.717, 1.165) is 10.9 Å². The normalized spacial score (nSPS) is 37.2. The first-order valence-corrected chi connectivity index (χ1v) is 13.6. The molecule has 2 aromatic heterocycles. The van der Waals surface area contributed by atoms with Crippen LogP contribution >= 0.6 is 15.6 Å². The number of nitrogens with two attached hydrogens (primary N) is 1. The molecular weight excluding hydrogens is 564 g/mol. The van der Waals surface area contributed by atoms with E-state index < -0.39 is 83.1 Å². The van der Waals surface area contributed by atoms with E-state index in [2.05, 4.69) is 28.3 Å². The molecule has 214 valence electrons. The molecule has 0 bridgehead atoms. The number of phosphoric ester groups is 2. The fourth-order valence-electron chi connectivity index (χ4n) is 3.78. The zero-order valence-electron chi connectivity index (χ0n) is 19.1. The summed E-state index contributed by atoms with van der Waals surface area (Å²) in [6.07, 6.45) is -14.3. The quantitative estimate of drug-likeness (QED) is 0.142. The summed E-state index contributed by atoms with van der Waals surface area (Å²) < 4.78 is 48.3. The third kappa shape index (κ3) is 5.83. The summed E-state index contributed by atoms with van der Waals surface area (Å²) in [4.78, 5) is 46.1. The van der Waals surface area contributed by atoms with E-state index in [0.29, 0.717) is 0 Å². The summed E-state index contributed by atoms with van der Waals surface area (Å²) in [5, 5.41) is 49.9. The van der Waals surface area contributed by atoms with E-state index in [4.69, 9.17) is 15.2 Å². The second-order valence-electron chi connectivity index (χ2n) is 8.38.